The number of nitrogens with zero attached hydrogens (tertiary/aromatic N) is 2. The molecule has 1 heterocycles. The van der Waals surface area contributed by atoms with Gasteiger partial charge >= 0.3 is 5.97 Å². The second kappa shape index (κ2) is 5.56. The van der Waals surface area contributed by atoms with Gasteiger partial charge in [0.2, 0.25) is 0 Å². The number of aryl methyl sites for hydroxylation is 2. The monoisotopic (exact) mass is 273 g/mol. The summed E-state index contributed by atoms with van der Waals surface area (Å²) in [5, 5.41) is 15.6. The summed E-state index contributed by atoms with van der Waals surface area (Å²) in [6.45, 7) is 1.81. The largest absolute Gasteiger partial charge is 0.481 e. The van der Waals surface area contributed by atoms with Crippen LogP contribution >= 0.6 is 0 Å². The first-order chi connectivity index (χ1) is 9.45. The highest BCUT2D eigenvalue weighted by atomic mass is 16.4. The molecule has 0 aliphatic rings. The first-order valence-electron chi connectivity index (χ1n) is 6.08. The minimum atomic E-state index is -0.907. The third-order valence-electron chi connectivity index (χ3n) is 2.77. The van der Waals surface area contributed by atoms with Crippen molar-refractivity contribution in [1.29, 1.82) is 0 Å². The molecule has 2 aromatic rings. The van der Waals surface area contributed by atoms with Crippen LogP contribution in [-0.2, 0) is 18.3 Å². The highest BCUT2D eigenvalue weighted by molar-refractivity contribution is 6.03. The van der Waals surface area contributed by atoms with Gasteiger partial charge in [-0.25, -0.2) is 0 Å². The van der Waals surface area contributed by atoms with Crippen molar-refractivity contribution in [2.75, 3.05) is 5.32 Å². The smallest absolute Gasteiger partial charge is 0.307 e. The predicted octanol–water partition coefficient (Wildman–Crippen LogP) is 1.61. The molecule has 20 heavy (non-hydrogen) atoms. The number of carbonyl (C=O) groups excluding carboxylic acids is 1. The number of rotatable bonds is 4. The van der Waals surface area contributed by atoms with Crippen molar-refractivity contribution in [3.05, 3.63) is 47.3 Å². The van der Waals surface area contributed by atoms with Crippen molar-refractivity contribution in [3.8, 4) is 0 Å². The number of carboxylic acids is 1. The topological polar surface area (TPSA) is 84.2 Å². The third-order valence-corrected chi connectivity index (χ3v) is 2.77. The molecule has 0 saturated carbocycles. The maximum atomic E-state index is 12.1. The van der Waals surface area contributed by atoms with E-state index in [1.165, 1.54) is 4.68 Å². The number of amides is 1. The van der Waals surface area contributed by atoms with Crippen LogP contribution in [0.1, 0.15) is 21.7 Å². The maximum absolute atomic E-state index is 12.1. The van der Waals surface area contributed by atoms with Crippen LogP contribution in [0.2, 0.25) is 0 Å². The summed E-state index contributed by atoms with van der Waals surface area (Å²) in [4.78, 5) is 22.8. The van der Waals surface area contributed by atoms with Gasteiger partial charge in [-0.15, -0.1) is 0 Å². The second-order valence-corrected chi connectivity index (χ2v) is 4.52. The Balaban J connectivity index is 2.15. The van der Waals surface area contributed by atoms with Crippen LogP contribution in [0, 0.1) is 6.92 Å². The lowest BCUT2D eigenvalue weighted by Gasteiger charge is -2.06. The third kappa shape index (κ3) is 3.23. The molecule has 1 amide bonds. The molecule has 0 atom stereocenters. The molecule has 0 fully saturated rings. The van der Waals surface area contributed by atoms with Gasteiger partial charge in [0.15, 0.2) is 0 Å². The van der Waals surface area contributed by atoms with E-state index in [0.717, 1.165) is 5.69 Å². The summed E-state index contributed by atoms with van der Waals surface area (Å²) in [5.41, 5.74) is 2.41. The molecule has 1 aromatic carbocycles. The van der Waals surface area contributed by atoms with Crippen molar-refractivity contribution >= 4 is 17.6 Å². The first-order valence-corrected chi connectivity index (χ1v) is 6.08. The highest BCUT2D eigenvalue weighted by Crippen LogP contribution is 2.13. The van der Waals surface area contributed by atoms with Gasteiger partial charge in [0.05, 0.1) is 12.1 Å². The average Bonchev–Trinajstić information content (AvgIpc) is 2.68. The first kappa shape index (κ1) is 13.8. The standard InChI is InChI=1S/C14H15N3O3/c1-9-6-12(17(2)16-9)14(20)15-11-5-3-4-10(7-11)8-13(18)19/h3-7H,8H2,1-2H3,(H,15,20)(H,18,19). The zero-order valence-electron chi connectivity index (χ0n) is 11.3. The molecule has 104 valence electrons. The molecule has 0 spiro atoms. The normalized spacial score (nSPS) is 10.3. The van der Waals surface area contributed by atoms with Crippen LogP contribution in [0.5, 0.6) is 0 Å². The fraction of sp³-hybridized carbons (Fsp3) is 0.214. The van der Waals surface area contributed by atoms with E-state index in [-0.39, 0.29) is 12.3 Å². The van der Waals surface area contributed by atoms with Gasteiger partial charge in [0.25, 0.3) is 5.91 Å². The summed E-state index contributed by atoms with van der Waals surface area (Å²) >= 11 is 0. The number of aliphatic carboxylic acids is 1. The molecule has 0 aliphatic heterocycles. The van der Waals surface area contributed by atoms with E-state index in [0.29, 0.717) is 16.9 Å². The van der Waals surface area contributed by atoms with Crippen molar-refractivity contribution in [2.24, 2.45) is 7.05 Å². The fourth-order valence-electron chi connectivity index (χ4n) is 1.95. The number of anilines is 1. The van der Waals surface area contributed by atoms with Crippen LogP contribution in [0.15, 0.2) is 30.3 Å². The van der Waals surface area contributed by atoms with Crippen molar-refractivity contribution in [3.63, 3.8) is 0 Å². The number of hydrogen-bond donors (Lipinski definition) is 2. The molecule has 1 aromatic heterocycles. The Bertz CT molecular complexity index is 661. The zero-order chi connectivity index (χ0) is 14.7. The van der Waals surface area contributed by atoms with Gasteiger partial charge in [-0.1, -0.05) is 12.1 Å². The van der Waals surface area contributed by atoms with Crippen LogP contribution in [0.3, 0.4) is 0 Å². The van der Waals surface area contributed by atoms with Gasteiger partial charge in [-0.05, 0) is 30.7 Å². The lowest BCUT2D eigenvalue weighted by molar-refractivity contribution is -0.136. The van der Waals surface area contributed by atoms with Crippen LogP contribution < -0.4 is 5.32 Å². The van der Waals surface area contributed by atoms with Gasteiger partial charge in [-0.2, -0.15) is 5.10 Å². The number of aromatic nitrogens is 2. The summed E-state index contributed by atoms with van der Waals surface area (Å²) in [7, 11) is 1.70. The lowest BCUT2D eigenvalue weighted by Crippen LogP contribution is -2.16. The Labute approximate surface area is 116 Å². The molecule has 6 nitrogen and oxygen atoms in total. The van der Waals surface area contributed by atoms with E-state index in [9.17, 15) is 9.59 Å². The van der Waals surface area contributed by atoms with Gasteiger partial charge < -0.3 is 10.4 Å². The van der Waals surface area contributed by atoms with E-state index in [1.807, 2.05) is 6.92 Å². The lowest BCUT2D eigenvalue weighted by atomic mass is 10.1. The van der Waals surface area contributed by atoms with Gasteiger partial charge in [0.1, 0.15) is 5.69 Å². The van der Waals surface area contributed by atoms with Gasteiger partial charge in [-0.3, -0.25) is 14.3 Å². The number of nitrogens with one attached hydrogen (secondary N) is 1. The molecule has 2 rings (SSSR count). The Kier molecular flexibility index (Phi) is 3.84. The summed E-state index contributed by atoms with van der Waals surface area (Å²) < 4.78 is 1.51. The Morgan fingerprint density at radius 1 is 1.35 bits per heavy atom. The molecule has 0 bridgehead atoms. The van der Waals surface area contributed by atoms with Crippen molar-refractivity contribution < 1.29 is 14.7 Å². The van der Waals surface area contributed by atoms with E-state index in [2.05, 4.69) is 10.4 Å². The quantitative estimate of drug-likeness (QED) is 0.886. The SMILES string of the molecule is Cc1cc(C(=O)Nc2cccc(CC(=O)O)c2)n(C)n1. The summed E-state index contributed by atoms with van der Waals surface area (Å²) in [6, 6.07) is 8.47. The summed E-state index contributed by atoms with van der Waals surface area (Å²) in [5.74, 6) is -1.18. The van der Waals surface area contributed by atoms with E-state index < -0.39 is 5.97 Å². The molecule has 0 radical (unpaired) electrons. The van der Waals surface area contributed by atoms with E-state index in [4.69, 9.17) is 5.11 Å². The number of benzene rings is 1. The Morgan fingerprint density at radius 3 is 2.70 bits per heavy atom. The molecule has 0 aliphatic carbocycles. The average molecular weight is 273 g/mol. The minimum Gasteiger partial charge on any atom is -0.481 e. The van der Waals surface area contributed by atoms with E-state index >= 15 is 0 Å². The maximum Gasteiger partial charge on any atom is 0.307 e. The molecule has 0 unspecified atom stereocenters. The number of hydrogen-bond acceptors (Lipinski definition) is 3. The van der Waals surface area contributed by atoms with Crippen molar-refractivity contribution in [1.82, 2.24) is 9.78 Å². The second-order valence-electron chi connectivity index (χ2n) is 4.52. The van der Waals surface area contributed by atoms with Gasteiger partial charge in [0, 0.05) is 12.7 Å². The fourth-order valence-corrected chi connectivity index (χ4v) is 1.95. The van der Waals surface area contributed by atoms with Crippen LogP contribution in [0.4, 0.5) is 5.69 Å². The van der Waals surface area contributed by atoms with Crippen molar-refractivity contribution in [2.45, 2.75) is 13.3 Å². The van der Waals surface area contributed by atoms with Crippen LogP contribution in [-0.4, -0.2) is 26.8 Å². The Hall–Kier alpha value is -2.63. The minimum absolute atomic E-state index is 0.0749. The van der Waals surface area contributed by atoms with E-state index in [1.54, 1.807) is 37.4 Å². The Morgan fingerprint density at radius 2 is 2.10 bits per heavy atom. The number of carboxylic acid groups (broad SMARTS) is 1. The molecule has 0 saturated heterocycles. The molecular weight excluding hydrogens is 258 g/mol. The highest BCUT2D eigenvalue weighted by Gasteiger charge is 2.12. The van der Waals surface area contributed by atoms with Crippen LogP contribution in [0.25, 0.3) is 0 Å². The number of carbonyl (C=O) groups is 2. The molecular formula is C14H15N3O3. The summed E-state index contributed by atoms with van der Waals surface area (Å²) in [6.07, 6.45) is -0.0749. The molecule has 6 heteroatoms. The zero-order valence-corrected chi connectivity index (χ0v) is 11.3. The molecule has 2 N–H and O–H groups in total. The predicted molar refractivity (Wildman–Crippen MR) is 73.7 cm³/mol.